The van der Waals surface area contributed by atoms with Crippen LogP contribution in [0.5, 0.6) is 5.75 Å². The van der Waals surface area contributed by atoms with Crippen LogP contribution in [0, 0.1) is 5.41 Å². The molecule has 1 aromatic carbocycles. The Morgan fingerprint density at radius 2 is 1.78 bits per heavy atom. The number of nitrogens with zero attached hydrogens (tertiary/aromatic N) is 1. The van der Waals surface area contributed by atoms with Crippen LogP contribution in [-0.4, -0.2) is 63.5 Å². The molecule has 0 atom stereocenters. The summed E-state index contributed by atoms with van der Waals surface area (Å²) < 4.78 is 29.1. The first-order chi connectivity index (χ1) is 15.5. The van der Waals surface area contributed by atoms with Crippen LogP contribution < -0.4 is 10.5 Å². The largest absolute Gasteiger partial charge is 0.489 e. The highest BCUT2D eigenvalue weighted by atomic mass is 19.1. The van der Waals surface area contributed by atoms with Crippen LogP contribution in [0.25, 0.3) is 0 Å². The summed E-state index contributed by atoms with van der Waals surface area (Å²) in [6.07, 6.45) is 6.66. The quantitative estimate of drug-likeness (QED) is 0.558. The van der Waals surface area contributed by atoms with Crippen LogP contribution in [0.4, 0.5) is 4.39 Å². The minimum Gasteiger partial charge on any atom is -0.489 e. The molecule has 0 radical (unpaired) electrons. The lowest BCUT2D eigenvalue weighted by atomic mass is 9.51. The van der Waals surface area contributed by atoms with Crippen molar-refractivity contribution in [2.75, 3.05) is 46.6 Å². The molecule has 4 aliphatic rings. The van der Waals surface area contributed by atoms with Gasteiger partial charge in [-0.25, -0.2) is 4.39 Å². The first-order valence-corrected chi connectivity index (χ1v) is 11.7. The highest BCUT2D eigenvalue weighted by Gasteiger charge is 2.55. The maximum atomic E-state index is 13.3. The summed E-state index contributed by atoms with van der Waals surface area (Å²) in [4.78, 5) is 15.3. The third kappa shape index (κ3) is 4.56. The van der Waals surface area contributed by atoms with E-state index in [0.717, 1.165) is 38.5 Å². The number of carbonyl (C=O) groups is 1. The Kier molecular flexibility index (Phi) is 7.17. The predicted molar refractivity (Wildman–Crippen MR) is 120 cm³/mol. The van der Waals surface area contributed by atoms with Gasteiger partial charge in [-0.05, 0) is 61.6 Å². The number of amides is 1. The van der Waals surface area contributed by atoms with Crippen molar-refractivity contribution >= 4 is 5.91 Å². The van der Waals surface area contributed by atoms with Crippen LogP contribution in [0.1, 0.15) is 44.1 Å². The van der Waals surface area contributed by atoms with Gasteiger partial charge >= 0.3 is 0 Å². The van der Waals surface area contributed by atoms with Gasteiger partial charge in [-0.3, -0.25) is 4.79 Å². The van der Waals surface area contributed by atoms with Crippen molar-refractivity contribution in [2.24, 2.45) is 11.1 Å². The number of carbonyl (C=O) groups excluding carboxylic acids is 1. The number of benzene rings is 1. The Morgan fingerprint density at radius 3 is 2.34 bits per heavy atom. The zero-order valence-corrected chi connectivity index (χ0v) is 19.0. The molecule has 32 heavy (non-hydrogen) atoms. The third-order valence-corrected chi connectivity index (χ3v) is 7.78. The van der Waals surface area contributed by atoms with E-state index in [1.54, 1.807) is 7.11 Å². The van der Waals surface area contributed by atoms with Gasteiger partial charge in [0.2, 0.25) is 5.91 Å². The highest BCUT2D eigenvalue weighted by Crippen LogP contribution is 2.58. The highest BCUT2D eigenvalue weighted by molar-refractivity contribution is 5.84. The number of nitrogens with two attached hydrogens (primary N) is 1. The fourth-order valence-electron chi connectivity index (χ4n) is 5.50. The molecule has 6 nitrogen and oxygen atoms in total. The number of rotatable bonds is 10. The minimum absolute atomic E-state index is 0.150. The normalized spacial score (nSPS) is 28.0. The molecule has 4 fully saturated rings. The molecule has 5 rings (SSSR count). The SMILES string of the molecule is COCCOC1CN(C(=O)C23CCC(c4ccc(OC/C(=C/F)CN)cc4)(CC2)CC3)C1. The molecule has 1 saturated heterocycles. The second-order valence-corrected chi connectivity index (χ2v) is 9.54. The van der Waals surface area contributed by atoms with Crippen molar-refractivity contribution in [2.45, 2.75) is 50.0 Å². The van der Waals surface area contributed by atoms with Gasteiger partial charge < -0.3 is 24.8 Å². The van der Waals surface area contributed by atoms with Crippen molar-refractivity contribution in [1.29, 1.82) is 0 Å². The van der Waals surface area contributed by atoms with Crippen molar-refractivity contribution < 1.29 is 23.4 Å². The molecule has 1 aromatic rings. The van der Waals surface area contributed by atoms with E-state index in [9.17, 15) is 9.18 Å². The van der Waals surface area contributed by atoms with Crippen LogP contribution in [-0.2, 0) is 19.7 Å². The van der Waals surface area contributed by atoms with E-state index < -0.39 is 0 Å². The lowest BCUT2D eigenvalue weighted by Gasteiger charge is -2.55. The molecule has 1 amide bonds. The van der Waals surface area contributed by atoms with E-state index in [0.29, 0.717) is 49.9 Å². The molecule has 0 unspecified atom stereocenters. The summed E-state index contributed by atoms with van der Waals surface area (Å²) in [6.45, 7) is 2.91. The first kappa shape index (κ1) is 23.2. The Hall–Kier alpha value is -1.96. The Labute approximate surface area is 189 Å². The topological polar surface area (TPSA) is 74.0 Å². The van der Waals surface area contributed by atoms with E-state index in [-0.39, 0.29) is 30.1 Å². The van der Waals surface area contributed by atoms with Crippen molar-refractivity contribution in [3.05, 3.63) is 41.7 Å². The summed E-state index contributed by atoms with van der Waals surface area (Å²) in [5, 5.41) is 0. The van der Waals surface area contributed by atoms with Gasteiger partial charge in [-0.2, -0.15) is 0 Å². The summed E-state index contributed by atoms with van der Waals surface area (Å²) >= 11 is 0. The summed E-state index contributed by atoms with van der Waals surface area (Å²) in [5.74, 6) is 1.05. The Morgan fingerprint density at radius 1 is 1.12 bits per heavy atom. The van der Waals surface area contributed by atoms with Gasteiger partial charge in [0.15, 0.2) is 0 Å². The maximum Gasteiger partial charge on any atom is 0.228 e. The van der Waals surface area contributed by atoms with E-state index >= 15 is 0 Å². The van der Waals surface area contributed by atoms with Crippen LogP contribution in [0.2, 0.25) is 0 Å². The fraction of sp³-hybridized carbons (Fsp3) is 0.640. The molecule has 3 saturated carbocycles. The van der Waals surface area contributed by atoms with Crippen molar-refractivity contribution in [3.63, 3.8) is 0 Å². The second kappa shape index (κ2) is 9.89. The molecule has 176 valence electrons. The first-order valence-electron chi connectivity index (χ1n) is 11.7. The molecular formula is C25H35FN2O4. The van der Waals surface area contributed by atoms with Gasteiger partial charge in [0.25, 0.3) is 0 Å². The minimum atomic E-state index is -0.181. The smallest absolute Gasteiger partial charge is 0.228 e. The number of halogens is 1. The summed E-state index contributed by atoms with van der Waals surface area (Å²) in [7, 11) is 1.66. The molecule has 1 aliphatic heterocycles. The molecule has 2 bridgehead atoms. The lowest BCUT2D eigenvalue weighted by molar-refractivity contribution is -0.163. The molecular weight excluding hydrogens is 411 g/mol. The second-order valence-electron chi connectivity index (χ2n) is 9.54. The molecule has 0 aromatic heterocycles. The summed E-state index contributed by atoms with van der Waals surface area (Å²) in [5.41, 5.74) is 7.21. The maximum absolute atomic E-state index is 13.3. The molecule has 3 aliphatic carbocycles. The number of hydrogen-bond acceptors (Lipinski definition) is 5. The zero-order chi connectivity index (χ0) is 22.6. The van der Waals surface area contributed by atoms with E-state index in [4.69, 9.17) is 19.9 Å². The Balaban J connectivity index is 1.30. The standard InChI is InChI=1S/C25H35FN2O4/c1-30-12-13-31-22-16-28(17-22)23(29)25-9-6-24(7-10-25,8-11-25)20-2-4-21(5-3-20)32-18-19(14-26)15-27/h2-5,14,22H,6-13,15-18,27H2,1H3/b19-14+. The van der Waals surface area contributed by atoms with Crippen molar-refractivity contribution in [1.82, 2.24) is 4.90 Å². The number of fused-ring (bicyclic) bond motifs is 3. The molecule has 2 N–H and O–H groups in total. The van der Waals surface area contributed by atoms with Gasteiger partial charge in [0.05, 0.1) is 25.6 Å². The average Bonchev–Trinajstić information content (AvgIpc) is 2.82. The number of methoxy groups -OCH3 is 1. The van der Waals surface area contributed by atoms with E-state index in [2.05, 4.69) is 12.1 Å². The average molecular weight is 447 g/mol. The van der Waals surface area contributed by atoms with Crippen LogP contribution in [0.15, 0.2) is 36.2 Å². The van der Waals surface area contributed by atoms with Crippen LogP contribution >= 0.6 is 0 Å². The summed E-state index contributed by atoms with van der Waals surface area (Å²) in [6, 6.07) is 8.19. The lowest BCUT2D eigenvalue weighted by Crippen LogP contribution is -2.61. The number of hydrogen-bond donors (Lipinski definition) is 1. The van der Waals surface area contributed by atoms with Gasteiger partial charge in [-0.15, -0.1) is 0 Å². The molecule has 7 heteroatoms. The predicted octanol–water partition coefficient (Wildman–Crippen LogP) is 3.34. The number of ether oxygens (including phenoxy) is 3. The monoisotopic (exact) mass is 446 g/mol. The zero-order valence-electron chi connectivity index (χ0n) is 19.0. The molecule has 0 spiro atoms. The van der Waals surface area contributed by atoms with Crippen LogP contribution in [0.3, 0.4) is 0 Å². The Bertz CT molecular complexity index is 795. The van der Waals surface area contributed by atoms with Gasteiger partial charge in [0, 0.05) is 37.7 Å². The van der Waals surface area contributed by atoms with Crippen molar-refractivity contribution in [3.8, 4) is 5.75 Å². The van der Waals surface area contributed by atoms with E-state index in [1.807, 2.05) is 17.0 Å². The fourth-order valence-corrected chi connectivity index (χ4v) is 5.50. The molecule has 1 heterocycles. The number of likely N-dealkylation sites (tertiary alicyclic amines) is 1. The van der Waals surface area contributed by atoms with Gasteiger partial charge in [0.1, 0.15) is 12.4 Å². The van der Waals surface area contributed by atoms with E-state index in [1.165, 1.54) is 5.56 Å². The third-order valence-electron chi connectivity index (χ3n) is 7.78. The van der Waals surface area contributed by atoms with Gasteiger partial charge in [-0.1, -0.05) is 12.1 Å².